The molecule has 0 aliphatic rings. The third-order valence-corrected chi connectivity index (χ3v) is 2.40. The number of para-hydroxylation sites is 1. The van der Waals surface area contributed by atoms with Crippen LogP contribution in [0.3, 0.4) is 0 Å². The van der Waals surface area contributed by atoms with Crippen LogP contribution in [-0.4, -0.2) is 6.54 Å². The van der Waals surface area contributed by atoms with Gasteiger partial charge in [0.25, 0.3) is 0 Å². The maximum atomic E-state index is 11.5. The Labute approximate surface area is 105 Å². The lowest BCUT2D eigenvalue weighted by Gasteiger charge is -2.09. The van der Waals surface area contributed by atoms with Crippen LogP contribution in [-0.2, 0) is 0 Å². The first kappa shape index (κ1) is 13.4. The molecule has 2 rings (SSSR count). The van der Waals surface area contributed by atoms with Crippen molar-refractivity contribution in [1.29, 1.82) is 0 Å². The highest BCUT2D eigenvalue weighted by molar-refractivity contribution is 5.95. The second kappa shape index (κ2) is 5.59. The highest BCUT2D eigenvalue weighted by Crippen LogP contribution is 2.26. The molecule has 0 aliphatic carbocycles. The SMILES string of the molecule is CCCNc1c(N)c(=O)oc2ccccc12.Cl. The molecule has 2 aromatic rings. The van der Waals surface area contributed by atoms with Crippen LogP contribution in [0.5, 0.6) is 0 Å². The van der Waals surface area contributed by atoms with Gasteiger partial charge in [0, 0.05) is 11.9 Å². The molecule has 1 aromatic heterocycles. The molecule has 0 aliphatic heterocycles. The summed E-state index contributed by atoms with van der Waals surface area (Å²) in [6, 6.07) is 7.35. The van der Waals surface area contributed by atoms with Crippen LogP contribution in [0.15, 0.2) is 33.5 Å². The molecule has 0 saturated carbocycles. The number of nitrogen functional groups attached to an aromatic ring is 1. The van der Waals surface area contributed by atoms with Crippen molar-refractivity contribution >= 4 is 34.8 Å². The molecule has 0 spiro atoms. The molecular formula is C12H15ClN2O2. The van der Waals surface area contributed by atoms with E-state index in [1.54, 1.807) is 6.07 Å². The molecule has 92 valence electrons. The van der Waals surface area contributed by atoms with Crippen molar-refractivity contribution in [2.75, 3.05) is 17.6 Å². The zero-order valence-corrected chi connectivity index (χ0v) is 10.3. The van der Waals surface area contributed by atoms with E-state index in [4.69, 9.17) is 10.2 Å². The van der Waals surface area contributed by atoms with Gasteiger partial charge >= 0.3 is 5.63 Å². The Bertz CT molecular complexity index is 566. The topological polar surface area (TPSA) is 68.3 Å². The largest absolute Gasteiger partial charge is 0.421 e. The van der Waals surface area contributed by atoms with Gasteiger partial charge in [-0.1, -0.05) is 19.1 Å². The van der Waals surface area contributed by atoms with Gasteiger partial charge in [0.05, 0.1) is 5.69 Å². The molecule has 5 heteroatoms. The molecule has 1 heterocycles. The molecule has 0 unspecified atom stereocenters. The Morgan fingerprint density at radius 2 is 2.06 bits per heavy atom. The van der Waals surface area contributed by atoms with Gasteiger partial charge in [0.15, 0.2) is 0 Å². The predicted octanol–water partition coefficient (Wildman–Crippen LogP) is 2.62. The van der Waals surface area contributed by atoms with Crippen LogP contribution in [0.2, 0.25) is 0 Å². The molecule has 1 aromatic carbocycles. The molecular weight excluding hydrogens is 240 g/mol. The zero-order valence-electron chi connectivity index (χ0n) is 9.53. The van der Waals surface area contributed by atoms with Crippen molar-refractivity contribution in [3.05, 3.63) is 34.7 Å². The Kier molecular flexibility index (Phi) is 4.40. The van der Waals surface area contributed by atoms with Gasteiger partial charge < -0.3 is 15.5 Å². The first-order valence-electron chi connectivity index (χ1n) is 5.29. The number of hydrogen-bond donors (Lipinski definition) is 2. The third kappa shape index (κ3) is 2.53. The van der Waals surface area contributed by atoms with Gasteiger partial charge in [-0.15, -0.1) is 12.4 Å². The third-order valence-electron chi connectivity index (χ3n) is 2.40. The number of hydrogen-bond acceptors (Lipinski definition) is 4. The van der Waals surface area contributed by atoms with E-state index in [1.165, 1.54) is 0 Å². The lowest BCUT2D eigenvalue weighted by molar-refractivity contribution is 0.564. The normalized spacial score (nSPS) is 9.94. The summed E-state index contributed by atoms with van der Waals surface area (Å²) in [6.45, 7) is 2.83. The van der Waals surface area contributed by atoms with Crippen LogP contribution in [0.25, 0.3) is 11.0 Å². The fourth-order valence-corrected chi connectivity index (χ4v) is 1.60. The van der Waals surface area contributed by atoms with Gasteiger partial charge in [-0.3, -0.25) is 0 Å². The second-order valence-corrected chi connectivity index (χ2v) is 3.60. The van der Waals surface area contributed by atoms with E-state index in [-0.39, 0.29) is 18.1 Å². The van der Waals surface area contributed by atoms with Gasteiger partial charge in [0.1, 0.15) is 11.3 Å². The van der Waals surface area contributed by atoms with E-state index >= 15 is 0 Å². The van der Waals surface area contributed by atoms with Gasteiger partial charge in [0.2, 0.25) is 0 Å². The number of halogens is 1. The van der Waals surface area contributed by atoms with Crippen molar-refractivity contribution in [2.45, 2.75) is 13.3 Å². The van der Waals surface area contributed by atoms with Gasteiger partial charge in [-0.2, -0.15) is 0 Å². The summed E-state index contributed by atoms with van der Waals surface area (Å²) in [6.07, 6.45) is 0.966. The van der Waals surface area contributed by atoms with Crippen molar-refractivity contribution in [3.8, 4) is 0 Å². The Morgan fingerprint density at radius 1 is 1.35 bits per heavy atom. The number of benzene rings is 1. The summed E-state index contributed by atoms with van der Waals surface area (Å²) in [4.78, 5) is 11.5. The maximum absolute atomic E-state index is 11.5. The van der Waals surface area contributed by atoms with Crippen molar-refractivity contribution in [1.82, 2.24) is 0 Å². The first-order valence-corrected chi connectivity index (χ1v) is 5.29. The van der Waals surface area contributed by atoms with E-state index in [0.717, 1.165) is 18.4 Å². The van der Waals surface area contributed by atoms with E-state index in [2.05, 4.69) is 12.2 Å². The molecule has 0 saturated heterocycles. The number of nitrogens with one attached hydrogen (secondary N) is 1. The average Bonchev–Trinajstić information content (AvgIpc) is 2.30. The maximum Gasteiger partial charge on any atom is 0.361 e. The average molecular weight is 255 g/mol. The number of fused-ring (bicyclic) bond motifs is 1. The van der Waals surface area contributed by atoms with Crippen molar-refractivity contribution in [3.63, 3.8) is 0 Å². The zero-order chi connectivity index (χ0) is 11.5. The standard InChI is InChI=1S/C12H14N2O2.ClH/c1-2-7-14-11-8-5-3-4-6-9(8)16-12(15)10(11)13;/h3-6,14H,2,7,13H2,1H3;1H. The van der Waals surface area contributed by atoms with E-state index in [9.17, 15) is 4.79 Å². The fraction of sp³-hybridized carbons (Fsp3) is 0.250. The summed E-state index contributed by atoms with van der Waals surface area (Å²) >= 11 is 0. The molecule has 0 amide bonds. The Balaban J connectivity index is 0.00000144. The molecule has 3 N–H and O–H groups in total. The van der Waals surface area contributed by atoms with E-state index < -0.39 is 5.63 Å². The minimum Gasteiger partial charge on any atom is -0.421 e. The molecule has 17 heavy (non-hydrogen) atoms. The summed E-state index contributed by atoms with van der Waals surface area (Å²) in [5.74, 6) is 0. The van der Waals surface area contributed by atoms with Gasteiger partial charge in [-0.25, -0.2) is 4.79 Å². The fourth-order valence-electron chi connectivity index (χ4n) is 1.60. The summed E-state index contributed by atoms with van der Waals surface area (Å²) < 4.78 is 5.09. The van der Waals surface area contributed by atoms with Crippen LogP contribution in [0.4, 0.5) is 11.4 Å². The highest BCUT2D eigenvalue weighted by Gasteiger charge is 2.10. The molecule has 0 radical (unpaired) electrons. The van der Waals surface area contributed by atoms with Crippen LogP contribution < -0.4 is 16.7 Å². The quantitative estimate of drug-likeness (QED) is 0.827. The van der Waals surface area contributed by atoms with Crippen LogP contribution in [0.1, 0.15) is 13.3 Å². The monoisotopic (exact) mass is 254 g/mol. The predicted molar refractivity (Wildman–Crippen MR) is 72.9 cm³/mol. The van der Waals surface area contributed by atoms with Crippen LogP contribution in [0, 0.1) is 0 Å². The second-order valence-electron chi connectivity index (χ2n) is 3.60. The van der Waals surface area contributed by atoms with Crippen molar-refractivity contribution < 1.29 is 4.42 Å². The molecule has 0 atom stereocenters. The lowest BCUT2D eigenvalue weighted by atomic mass is 10.2. The molecule has 0 fully saturated rings. The number of nitrogens with two attached hydrogens (primary N) is 1. The molecule has 0 bridgehead atoms. The smallest absolute Gasteiger partial charge is 0.361 e. The summed E-state index contributed by atoms with van der Waals surface area (Å²) in [7, 11) is 0. The van der Waals surface area contributed by atoms with Crippen LogP contribution >= 0.6 is 12.4 Å². The van der Waals surface area contributed by atoms with Crippen molar-refractivity contribution in [2.24, 2.45) is 0 Å². The molecule has 4 nitrogen and oxygen atoms in total. The summed E-state index contributed by atoms with van der Waals surface area (Å²) in [5, 5.41) is 4.00. The number of anilines is 2. The minimum atomic E-state index is -0.489. The lowest BCUT2D eigenvalue weighted by Crippen LogP contribution is -2.12. The first-order chi connectivity index (χ1) is 7.74. The minimum absolute atomic E-state index is 0. The van der Waals surface area contributed by atoms with E-state index in [0.29, 0.717) is 11.3 Å². The van der Waals surface area contributed by atoms with Gasteiger partial charge in [-0.05, 0) is 18.6 Å². The highest BCUT2D eigenvalue weighted by atomic mass is 35.5. The summed E-state index contributed by atoms with van der Waals surface area (Å²) in [5.41, 5.74) is 6.61. The number of rotatable bonds is 3. The Morgan fingerprint density at radius 3 is 2.76 bits per heavy atom. The van der Waals surface area contributed by atoms with E-state index in [1.807, 2.05) is 18.2 Å². The Hall–Kier alpha value is -1.68.